The minimum atomic E-state index is -3.77. The third-order valence-corrected chi connectivity index (χ3v) is 6.69. The van der Waals surface area contributed by atoms with Crippen molar-refractivity contribution in [3.63, 3.8) is 0 Å². The van der Waals surface area contributed by atoms with Gasteiger partial charge >= 0.3 is 0 Å². The summed E-state index contributed by atoms with van der Waals surface area (Å²) >= 11 is 3.02. The number of thiazole rings is 1. The Morgan fingerprint density at radius 3 is 2.63 bits per heavy atom. The lowest BCUT2D eigenvalue weighted by Gasteiger charge is -2.18. The average molecular weight is 428 g/mol. The van der Waals surface area contributed by atoms with Gasteiger partial charge in [-0.3, -0.25) is 4.79 Å². The number of sulfonamides is 1. The lowest BCUT2D eigenvalue weighted by atomic mass is 10.1. The molecule has 1 aromatic carbocycles. The van der Waals surface area contributed by atoms with Crippen molar-refractivity contribution in [2.24, 2.45) is 0 Å². The van der Waals surface area contributed by atoms with Gasteiger partial charge in [0.2, 0.25) is 15.9 Å². The second-order valence-electron chi connectivity index (χ2n) is 6.05. The van der Waals surface area contributed by atoms with Crippen LogP contribution in [0.25, 0.3) is 0 Å². The van der Waals surface area contributed by atoms with Gasteiger partial charge in [0.05, 0.1) is 22.6 Å². The summed E-state index contributed by atoms with van der Waals surface area (Å²) in [7, 11) is -3.77. The molecule has 0 aliphatic heterocycles. The van der Waals surface area contributed by atoms with E-state index in [0.29, 0.717) is 12.2 Å². The van der Waals surface area contributed by atoms with E-state index in [0.717, 1.165) is 24.1 Å². The summed E-state index contributed by atoms with van der Waals surface area (Å²) in [5, 5.41) is 4.61. The fourth-order valence-corrected chi connectivity index (χ4v) is 4.74. The van der Waals surface area contributed by atoms with Gasteiger partial charge in [0, 0.05) is 5.38 Å². The van der Waals surface area contributed by atoms with Crippen molar-refractivity contribution in [2.75, 3.05) is 12.0 Å². The van der Waals surface area contributed by atoms with Crippen molar-refractivity contribution in [2.45, 2.75) is 43.7 Å². The minimum absolute atomic E-state index is 0.170. The summed E-state index contributed by atoms with van der Waals surface area (Å²) in [6, 6.07) is 5.99. The average Bonchev–Trinajstić information content (AvgIpc) is 3.17. The van der Waals surface area contributed by atoms with Crippen molar-refractivity contribution in [1.29, 1.82) is 0 Å². The Morgan fingerprint density at radius 2 is 2.04 bits per heavy atom. The van der Waals surface area contributed by atoms with Crippen LogP contribution in [0.2, 0.25) is 0 Å². The van der Waals surface area contributed by atoms with Crippen LogP contribution in [-0.2, 0) is 27.8 Å². The molecule has 1 amide bonds. The van der Waals surface area contributed by atoms with E-state index >= 15 is 0 Å². The SMILES string of the molecule is CCCc1ccc(S(=O)(=O)N[C@@H](CCSC)C(=O)NCc2cscn2)cc1. The molecule has 2 N–H and O–H groups in total. The van der Waals surface area contributed by atoms with E-state index in [2.05, 4.69) is 21.9 Å². The normalized spacial score (nSPS) is 12.7. The highest BCUT2D eigenvalue weighted by atomic mass is 32.2. The Labute approximate surface area is 169 Å². The smallest absolute Gasteiger partial charge is 0.241 e. The standard InChI is InChI=1S/C18H25N3O3S3/c1-3-4-14-5-7-16(8-6-14)27(23,24)21-17(9-10-25-2)18(22)19-11-15-12-26-13-20-15/h5-8,12-13,17,21H,3-4,9-11H2,1-2H3,(H,19,22)/t17-/m0/s1. The van der Waals surface area contributed by atoms with E-state index in [-0.39, 0.29) is 17.3 Å². The van der Waals surface area contributed by atoms with E-state index in [9.17, 15) is 13.2 Å². The van der Waals surface area contributed by atoms with Crippen molar-refractivity contribution in [3.05, 3.63) is 46.4 Å². The Hall–Kier alpha value is -1.42. The Morgan fingerprint density at radius 1 is 1.30 bits per heavy atom. The van der Waals surface area contributed by atoms with Gasteiger partial charge in [-0.05, 0) is 42.5 Å². The third-order valence-electron chi connectivity index (χ3n) is 3.92. The first-order valence-electron chi connectivity index (χ1n) is 8.71. The minimum Gasteiger partial charge on any atom is -0.349 e. The molecule has 0 radical (unpaired) electrons. The molecule has 1 heterocycles. The summed E-state index contributed by atoms with van der Waals surface area (Å²) in [6.45, 7) is 2.36. The molecule has 0 saturated heterocycles. The Bertz CT molecular complexity index is 806. The van der Waals surface area contributed by atoms with E-state index in [1.54, 1.807) is 29.4 Å². The lowest BCUT2D eigenvalue weighted by Crippen LogP contribution is -2.46. The molecule has 6 nitrogen and oxygen atoms in total. The number of rotatable bonds is 11. The van der Waals surface area contributed by atoms with Crippen LogP contribution >= 0.6 is 23.1 Å². The first-order chi connectivity index (χ1) is 13.0. The van der Waals surface area contributed by atoms with Crippen LogP contribution < -0.4 is 10.0 Å². The highest BCUT2D eigenvalue weighted by molar-refractivity contribution is 7.98. The maximum Gasteiger partial charge on any atom is 0.241 e. The van der Waals surface area contributed by atoms with Gasteiger partial charge in [0.25, 0.3) is 0 Å². The molecule has 0 aliphatic carbocycles. The molecule has 0 bridgehead atoms. The summed E-state index contributed by atoms with van der Waals surface area (Å²) in [4.78, 5) is 16.8. The monoisotopic (exact) mass is 427 g/mol. The molecule has 1 atom stereocenters. The van der Waals surface area contributed by atoms with Crippen LogP contribution in [0, 0.1) is 0 Å². The predicted molar refractivity (Wildman–Crippen MR) is 112 cm³/mol. The second-order valence-corrected chi connectivity index (χ2v) is 9.47. The molecule has 1 aromatic heterocycles. The van der Waals surface area contributed by atoms with Gasteiger partial charge in [0.1, 0.15) is 6.04 Å². The molecule has 0 aliphatic rings. The molecular formula is C18H25N3O3S3. The zero-order valence-corrected chi connectivity index (χ0v) is 17.9. The number of carbonyl (C=O) groups is 1. The van der Waals surface area contributed by atoms with Crippen LogP contribution in [0.1, 0.15) is 31.0 Å². The number of benzene rings is 1. The van der Waals surface area contributed by atoms with Crippen molar-refractivity contribution >= 4 is 39.0 Å². The highest BCUT2D eigenvalue weighted by Crippen LogP contribution is 2.14. The number of carbonyl (C=O) groups excluding carboxylic acids is 1. The fourth-order valence-electron chi connectivity index (χ4n) is 2.48. The summed E-state index contributed by atoms with van der Waals surface area (Å²) in [6.07, 6.45) is 4.24. The molecule has 0 saturated carbocycles. The van der Waals surface area contributed by atoms with E-state index < -0.39 is 16.1 Å². The first kappa shape index (κ1) is 21.9. The van der Waals surface area contributed by atoms with Crippen LogP contribution in [0.15, 0.2) is 40.1 Å². The van der Waals surface area contributed by atoms with Crippen LogP contribution in [0.4, 0.5) is 0 Å². The number of amides is 1. The Balaban J connectivity index is 2.06. The van der Waals surface area contributed by atoms with Crippen molar-refractivity contribution in [1.82, 2.24) is 15.0 Å². The number of aryl methyl sites for hydroxylation is 1. The molecule has 148 valence electrons. The van der Waals surface area contributed by atoms with Gasteiger partial charge in [-0.25, -0.2) is 13.4 Å². The maximum absolute atomic E-state index is 12.7. The third kappa shape index (κ3) is 6.91. The first-order valence-corrected chi connectivity index (χ1v) is 12.5. The van der Waals surface area contributed by atoms with Gasteiger partial charge in [-0.15, -0.1) is 11.3 Å². The molecule has 0 unspecified atom stereocenters. The van der Waals surface area contributed by atoms with Gasteiger partial charge in [-0.1, -0.05) is 25.5 Å². The van der Waals surface area contributed by atoms with Crippen LogP contribution in [0.3, 0.4) is 0 Å². The molecular weight excluding hydrogens is 402 g/mol. The van der Waals surface area contributed by atoms with Gasteiger partial charge in [-0.2, -0.15) is 16.5 Å². The number of aromatic nitrogens is 1. The van der Waals surface area contributed by atoms with Crippen molar-refractivity contribution in [3.8, 4) is 0 Å². The van der Waals surface area contributed by atoms with Crippen LogP contribution in [0.5, 0.6) is 0 Å². The Kier molecular flexibility index (Phi) is 8.75. The van der Waals surface area contributed by atoms with E-state index in [1.807, 2.05) is 23.8 Å². The number of hydrogen-bond acceptors (Lipinski definition) is 6. The van der Waals surface area contributed by atoms with Crippen molar-refractivity contribution < 1.29 is 13.2 Å². The number of hydrogen-bond donors (Lipinski definition) is 2. The molecule has 0 spiro atoms. The predicted octanol–water partition coefficient (Wildman–Crippen LogP) is 2.81. The van der Waals surface area contributed by atoms with E-state index in [1.165, 1.54) is 11.3 Å². The van der Waals surface area contributed by atoms with Gasteiger partial charge < -0.3 is 5.32 Å². The number of nitrogens with one attached hydrogen (secondary N) is 2. The summed E-state index contributed by atoms with van der Waals surface area (Å²) in [5.41, 5.74) is 3.54. The molecule has 2 aromatic rings. The lowest BCUT2D eigenvalue weighted by molar-refractivity contribution is -0.122. The second kappa shape index (κ2) is 10.8. The zero-order valence-electron chi connectivity index (χ0n) is 15.5. The summed E-state index contributed by atoms with van der Waals surface area (Å²) < 4.78 is 28.0. The maximum atomic E-state index is 12.7. The molecule has 9 heteroatoms. The quantitative estimate of drug-likeness (QED) is 0.576. The number of thioether (sulfide) groups is 1. The summed E-state index contributed by atoms with van der Waals surface area (Å²) in [5.74, 6) is 0.329. The molecule has 0 fully saturated rings. The van der Waals surface area contributed by atoms with Crippen LogP contribution in [-0.4, -0.2) is 37.4 Å². The van der Waals surface area contributed by atoms with Gasteiger partial charge in [0.15, 0.2) is 0 Å². The fraction of sp³-hybridized carbons (Fsp3) is 0.444. The highest BCUT2D eigenvalue weighted by Gasteiger charge is 2.25. The zero-order chi connectivity index (χ0) is 19.7. The number of nitrogens with zero attached hydrogens (tertiary/aromatic N) is 1. The topological polar surface area (TPSA) is 88.2 Å². The molecule has 27 heavy (non-hydrogen) atoms. The largest absolute Gasteiger partial charge is 0.349 e. The van der Waals surface area contributed by atoms with E-state index in [4.69, 9.17) is 0 Å². The molecule has 2 rings (SSSR count).